The van der Waals surface area contributed by atoms with Crippen molar-refractivity contribution < 1.29 is 22.7 Å². The molecule has 0 bridgehead atoms. The first-order chi connectivity index (χ1) is 16.6. The zero-order chi connectivity index (χ0) is 25.3. The monoisotopic (exact) mass is 493 g/mol. The minimum absolute atomic E-state index is 0.117. The van der Waals surface area contributed by atoms with Crippen molar-refractivity contribution >= 4 is 38.8 Å². The number of nitrogens with zero attached hydrogens (tertiary/aromatic N) is 2. The fourth-order valence-electron chi connectivity index (χ4n) is 4.30. The number of hydrogen-bond acceptors (Lipinski definition) is 5. The van der Waals surface area contributed by atoms with E-state index < -0.39 is 9.84 Å². The second kappa shape index (κ2) is 9.42. The number of sulfone groups is 1. The van der Waals surface area contributed by atoms with Crippen LogP contribution in [0, 0.1) is 0 Å². The molecule has 1 aliphatic heterocycles. The van der Waals surface area contributed by atoms with Gasteiger partial charge in [0.2, 0.25) is 5.91 Å². The number of hydrogen-bond donors (Lipinski definition) is 1. The number of anilines is 3. The summed E-state index contributed by atoms with van der Waals surface area (Å²) in [6, 6.07) is 18.6. The number of carbonyl (C=O) groups excluding carboxylic acids is 2. The maximum Gasteiger partial charge on any atom is 0.326 e. The fourth-order valence-corrected chi connectivity index (χ4v) is 4.93. The van der Waals surface area contributed by atoms with E-state index in [9.17, 15) is 18.0 Å². The summed E-state index contributed by atoms with van der Waals surface area (Å²) in [6.45, 7) is 3.69. The maximum atomic E-state index is 13.4. The number of fused-ring (bicyclic) bond motifs is 1. The Bertz CT molecular complexity index is 1390. The summed E-state index contributed by atoms with van der Waals surface area (Å²) >= 11 is 0. The van der Waals surface area contributed by atoms with E-state index in [0.717, 1.165) is 17.4 Å². The first-order valence-electron chi connectivity index (χ1n) is 11.1. The lowest BCUT2D eigenvalue weighted by Crippen LogP contribution is -2.52. The number of ether oxygens (including phenoxy) is 1. The Kier molecular flexibility index (Phi) is 6.53. The molecule has 3 amide bonds. The molecule has 9 heteroatoms. The van der Waals surface area contributed by atoms with Crippen LogP contribution in [0.25, 0.3) is 11.1 Å². The van der Waals surface area contributed by atoms with Gasteiger partial charge in [0.15, 0.2) is 9.84 Å². The number of methoxy groups -OCH3 is 1. The van der Waals surface area contributed by atoms with Crippen molar-refractivity contribution in [2.24, 2.45) is 0 Å². The fraction of sp³-hybridized carbons (Fsp3) is 0.231. The van der Waals surface area contributed by atoms with Gasteiger partial charge in [0.05, 0.1) is 35.1 Å². The third-order valence-corrected chi connectivity index (χ3v) is 7.09. The highest BCUT2D eigenvalue weighted by Gasteiger charge is 2.34. The van der Waals surface area contributed by atoms with Crippen molar-refractivity contribution in [3.05, 3.63) is 66.7 Å². The first-order valence-corrected chi connectivity index (χ1v) is 12.9. The van der Waals surface area contributed by atoms with Crippen LogP contribution in [-0.2, 0) is 14.6 Å². The van der Waals surface area contributed by atoms with Crippen molar-refractivity contribution in [2.75, 3.05) is 35.0 Å². The minimum Gasteiger partial charge on any atom is -0.495 e. The summed E-state index contributed by atoms with van der Waals surface area (Å²) in [5.74, 6) is 0.421. The molecule has 3 aromatic carbocycles. The van der Waals surface area contributed by atoms with Crippen LogP contribution < -0.4 is 19.9 Å². The molecular formula is C26H27N3O5S. The van der Waals surface area contributed by atoms with Crippen LogP contribution in [0.5, 0.6) is 5.75 Å². The summed E-state index contributed by atoms with van der Waals surface area (Å²) in [5, 5.41) is 2.91. The van der Waals surface area contributed by atoms with Crippen LogP contribution in [0.3, 0.4) is 0 Å². The van der Waals surface area contributed by atoms with Gasteiger partial charge >= 0.3 is 6.03 Å². The molecule has 0 saturated heterocycles. The number of amides is 3. The molecule has 0 spiro atoms. The molecule has 8 nitrogen and oxygen atoms in total. The van der Waals surface area contributed by atoms with E-state index in [0.29, 0.717) is 29.4 Å². The highest BCUT2D eigenvalue weighted by Crippen LogP contribution is 2.39. The van der Waals surface area contributed by atoms with Crippen LogP contribution >= 0.6 is 0 Å². The largest absolute Gasteiger partial charge is 0.495 e. The van der Waals surface area contributed by atoms with Crippen molar-refractivity contribution in [3.63, 3.8) is 0 Å². The molecule has 1 atom stereocenters. The first kappa shape index (κ1) is 24.3. The van der Waals surface area contributed by atoms with Gasteiger partial charge in [0, 0.05) is 19.7 Å². The van der Waals surface area contributed by atoms with Crippen LogP contribution in [-0.4, -0.2) is 46.3 Å². The Hall–Kier alpha value is -3.85. The van der Waals surface area contributed by atoms with Gasteiger partial charge in [-0.3, -0.25) is 9.69 Å². The number of carbonyl (C=O) groups is 2. The van der Waals surface area contributed by atoms with Gasteiger partial charge in [-0.2, -0.15) is 0 Å². The Labute approximate surface area is 205 Å². The normalized spacial score (nSPS) is 15.4. The van der Waals surface area contributed by atoms with Crippen LogP contribution in [0.2, 0.25) is 0 Å². The number of rotatable bonds is 4. The van der Waals surface area contributed by atoms with Crippen LogP contribution in [0.1, 0.15) is 13.8 Å². The molecule has 3 aromatic rings. The van der Waals surface area contributed by atoms with E-state index >= 15 is 0 Å². The summed E-state index contributed by atoms with van der Waals surface area (Å²) in [5.41, 5.74) is 3.32. The number of para-hydroxylation sites is 2. The molecule has 0 aromatic heterocycles. The number of benzene rings is 3. The third-order valence-electron chi connectivity index (χ3n) is 5.96. The molecule has 35 heavy (non-hydrogen) atoms. The Morgan fingerprint density at radius 3 is 2.26 bits per heavy atom. The second-order valence-corrected chi connectivity index (χ2v) is 10.5. The SMILES string of the molecule is COc1ccccc1NC(=O)N1C[C@H](C)N(C(C)=O)c2ccc(-c3ccc(S(C)(=O)=O)cc3)cc21. The molecule has 0 saturated carbocycles. The standard InChI is InChI=1S/C26H27N3O5S/c1-17-16-28(26(31)27-22-7-5-6-8-25(22)34-3)24-15-20(11-14-23(24)29(17)18(2)30)19-9-12-21(13-10-19)35(4,32)33/h5-15,17H,16H2,1-4H3,(H,27,31)/t17-/m0/s1. The van der Waals surface area contributed by atoms with Gasteiger partial charge in [0.25, 0.3) is 0 Å². The minimum atomic E-state index is -3.31. The predicted molar refractivity (Wildman–Crippen MR) is 137 cm³/mol. The average Bonchev–Trinajstić information content (AvgIpc) is 2.82. The predicted octanol–water partition coefficient (Wildman–Crippen LogP) is 4.56. The van der Waals surface area contributed by atoms with Gasteiger partial charge in [0.1, 0.15) is 5.75 Å². The zero-order valence-corrected chi connectivity index (χ0v) is 20.8. The molecular weight excluding hydrogens is 466 g/mol. The number of urea groups is 1. The van der Waals surface area contributed by atoms with Crippen molar-refractivity contribution in [1.29, 1.82) is 0 Å². The van der Waals surface area contributed by atoms with E-state index in [4.69, 9.17) is 4.74 Å². The van der Waals surface area contributed by atoms with Crippen molar-refractivity contribution in [3.8, 4) is 16.9 Å². The topological polar surface area (TPSA) is 96.0 Å². The van der Waals surface area contributed by atoms with Crippen LogP contribution in [0.4, 0.5) is 21.9 Å². The van der Waals surface area contributed by atoms with Gasteiger partial charge in [-0.25, -0.2) is 13.2 Å². The Morgan fingerprint density at radius 1 is 0.971 bits per heavy atom. The lowest BCUT2D eigenvalue weighted by molar-refractivity contribution is -0.117. The molecule has 4 rings (SSSR count). The van der Waals surface area contributed by atoms with E-state index in [2.05, 4.69) is 5.32 Å². The van der Waals surface area contributed by atoms with E-state index in [-0.39, 0.29) is 22.9 Å². The third kappa shape index (κ3) is 4.85. The molecule has 1 heterocycles. The van der Waals surface area contributed by atoms with E-state index in [1.165, 1.54) is 14.0 Å². The molecule has 0 aliphatic carbocycles. The second-order valence-electron chi connectivity index (χ2n) is 8.48. The van der Waals surface area contributed by atoms with Gasteiger partial charge in [-0.1, -0.05) is 30.3 Å². The Morgan fingerprint density at radius 2 is 1.63 bits per heavy atom. The molecule has 182 valence electrons. The smallest absolute Gasteiger partial charge is 0.326 e. The highest BCUT2D eigenvalue weighted by atomic mass is 32.2. The summed E-state index contributed by atoms with van der Waals surface area (Å²) in [6.07, 6.45) is 1.16. The van der Waals surface area contributed by atoms with E-state index in [1.807, 2.05) is 31.2 Å². The van der Waals surface area contributed by atoms with Crippen molar-refractivity contribution in [2.45, 2.75) is 24.8 Å². The summed E-state index contributed by atoms with van der Waals surface area (Å²) < 4.78 is 29.0. The average molecular weight is 494 g/mol. The lowest BCUT2D eigenvalue weighted by atomic mass is 10.0. The molecule has 1 N–H and O–H groups in total. The molecule has 0 radical (unpaired) electrons. The number of nitrogens with one attached hydrogen (secondary N) is 1. The van der Waals surface area contributed by atoms with E-state index in [1.54, 1.807) is 52.3 Å². The zero-order valence-electron chi connectivity index (χ0n) is 20.0. The highest BCUT2D eigenvalue weighted by molar-refractivity contribution is 7.90. The van der Waals surface area contributed by atoms with Crippen LogP contribution in [0.15, 0.2) is 71.6 Å². The summed E-state index contributed by atoms with van der Waals surface area (Å²) in [7, 11) is -1.77. The van der Waals surface area contributed by atoms with Gasteiger partial charge in [-0.05, 0) is 54.4 Å². The van der Waals surface area contributed by atoms with Gasteiger partial charge < -0.3 is 15.0 Å². The van der Waals surface area contributed by atoms with Crippen molar-refractivity contribution in [1.82, 2.24) is 0 Å². The summed E-state index contributed by atoms with van der Waals surface area (Å²) in [4.78, 5) is 29.4. The molecule has 0 fully saturated rings. The Balaban J connectivity index is 1.76. The lowest BCUT2D eigenvalue weighted by Gasteiger charge is -2.41. The molecule has 0 unspecified atom stereocenters. The quantitative estimate of drug-likeness (QED) is 0.575. The maximum absolute atomic E-state index is 13.4. The van der Waals surface area contributed by atoms with Gasteiger partial charge in [-0.15, -0.1) is 0 Å². The molecule has 1 aliphatic rings.